The van der Waals surface area contributed by atoms with Crippen molar-refractivity contribution in [3.05, 3.63) is 58.9 Å². The number of aryl methyl sites for hydroxylation is 2. The molecule has 0 fully saturated rings. The number of nitrogens with one attached hydrogen (secondary N) is 1. The Morgan fingerprint density at radius 2 is 1.95 bits per heavy atom. The van der Waals surface area contributed by atoms with Crippen LogP contribution in [0.5, 0.6) is 5.88 Å². The van der Waals surface area contributed by atoms with E-state index in [-0.39, 0.29) is 22.6 Å². The number of hydrazine groups is 1. The van der Waals surface area contributed by atoms with E-state index in [2.05, 4.69) is 15.1 Å². The highest BCUT2D eigenvalue weighted by atomic mass is 32.2. The highest BCUT2D eigenvalue weighted by Crippen LogP contribution is 2.25. The predicted octanol–water partition coefficient (Wildman–Crippen LogP) is 1.24. The number of nitrogens with two attached hydrogens (primary N) is 1. The zero-order chi connectivity index (χ0) is 27.5. The number of benzene rings is 1. The Balaban J connectivity index is 2.39. The molecule has 3 aromatic rings. The van der Waals surface area contributed by atoms with Crippen molar-refractivity contribution in [2.75, 3.05) is 13.7 Å². The topological polar surface area (TPSA) is 169 Å². The Morgan fingerprint density at radius 3 is 2.51 bits per heavy atom. The molecule has 0 aliphatic carbocycles. The minimum atomic E-state index is -4.99. The van der Waals surface area contributed by atoms with E-state index in [0.29, 0.717) is 10.9 Å². The van der Waals surface area contributed by atoms with Gasteiger partial charge in [-0.05, 0) is 31.0 Å². The number of esters is 1. The summed E-state index contributed by atoms with van der Waals surface area (Å²) in [6, 6.07) is 4.41. The maximum Gasteiger partial charge on any atom is 0.460 e. The van der Waals surface area contributed by atoms with Crippen molar-refractivity contribution in [2.45, 2.75) is 18.9 Å². The molecule has 13 nitrogen and oxygen atoms in total. The molecule has 196 valence electrons. The van der Waals surface area contributed by atoms with E-state index < -0.39 is 55.7 Å². The van der Waals surface area contributed by atoms with E-state index in [1.165, 1.54) is 34.1 Å². The summed E-state index contributed by atoms with van der Waals surface area (Å²) in [5.74, 6) is -4.76. The van der Waals surface area contributed by atoms with Crippen molar-refractivity contribution >= 4 is 34.1 Å². The number of halogens is 2. The van der Waals surface area contributed by atoms with E-state index in [4.69, 9.17) is 20.6 Å². The predicted molar refractivity (Wildman–Crippen MR) is 125 cm³/mol. The van der Waals surface area contributed by atoms with Crippen molar-refractivity contribution in [3.8, 4) is 5.88 Å². The van der Waals surface area contributed by atoms with Crippen molar-refractivity contribution in [1.82, 2.24) is 24.2 Å². The van der Waals surface area contributed by atoms with Gasteiger partial charge in [-0.1, -0.05) is 15.5 Å². The van der Waals surface area contributed by atoms with Crippen LogP contribution in [0.3, 0.4) is 0 Å². The number of rotatable bonds is 8. The lowest BCUT2D eigenvalue weighted by Gasteiger charge is -2.22. The molecule has 0 radical (unpaired) electrons. The molecule has 2 heterocycles. The van der Waals surface area contributed by atoms with Crippen LogP contribution >= 0.6 is 0 Å². The SMILES string of the molecule is CCOC(=O)c1cnn(C)c1S(=O)(=O)N(C(=N)N)[N+](=Cc1c(F)cccc1F)c1nc(C)cc(OC)n1. The number of carbonyl (C=O) groups excluding carboxylic acids is 1. The molecule has 0 aliphatic heterocycles. The molecular weight excluding hydrogens is 514 g/mol. The number of aromatic nitrogens is 4. The lowest BCUT2D eigenvalue weighted by molar-refractivity contribution is -0.563. The fraction of sp³-hybridized carbons (Fsp3) is 0.238. The van der Waals surface area contributed by atoms with Gasteiger partial charge >= 0.3 is 21.9 Å². The fourth-order valence-electron chi connectivity index (χ4n) is 3.20. The standard InChI is InChI=1S/C21H23F2N8O5S/c1-5-36-19(32)13-10-26-29(3)18(13)37(33,34)31(20(24)25)30(11-14-15(22)7-6-8-16(14)23)21-27-12(2)9-17(28-21)35-4/h6-11H,5H2,1-4H3,(H3,24,25)/q+1. The van der Waals surface area contributed by atoms with Crippen LogP contribution in [-0.2, 0) is 21.8 Å². The van der Waals surface area contributed by atoms with E-state index >= 15 is 0 Å². The number of hydrazone groups is 1. The van der Waals surface area contributed by atoms with E-state index in [0.717, 1.165) is 29.1 Å². The third-order valence-electron chi connectivity index (χ3n) is 4.74. The average molecular weight is 538 g/mol. The second-order valence-corrected chi connectivity index (χ2v) is 8.98. The van der Waals surface area contributed by atoms with Crippen LogP contribution in [0.15, 0.2) is 35.5 Å². The van der Waals surface area contributed by atoms with Crippen LogP contribution in [0.4, 0.5) is 14.7 Å². The number of ether oxygens (including phenoxy) is 2. The number of sulfonamides is 1. The van der Waals surface area contributed by atoms with Crippen LogP contribution < -0.4 is 10.5 Å². The molecule has 0 atom stereocenters. The fourth-order valence-corrected chi connectivity index (χ4v) is 4.77. The summed E-state index contributed by atoms with van der Waals surface area (Å²) in [6.45, 7) is 2.99. The summed E-state index contributed by atoms with van der Waals surface area (Å²) >= 11 is 0. The molecule has 0 spiro atoms. The first-order chi connectivity index (χ1) is 17.4. The van der Waals surface area contributed by atoms with Gasteiger partial charge in [0.25, 0.3) is 5.88 Å². The highest BCUT2D eigenvalue weighted by Gasteiger charge is 2.41. The van der Waals surface area contributed by atoms with E-state index in [9.17, 15) is 22.0 Å². The van der Waals surface area contributed by atoms with Gasteiger partial charge < -0.3 is 15.2 Å². The first-order valence-electron chi connectivity index (χ1n) is 10.5. The van der Waals surface area contributed by atoms with Gasteiger partial charge in [-0.3, -0.25) is 10.1 Å². The number of hydrogen-bond donors (Lipinski definition) is 2. The Kier molecular flexibility index (Phi) is 7.81. The average Bonchev–Trinajstić information content (AvgIpc) is 3.22. The first kappa shape index (κ1) is 27.1. The molecule has 0 saturated heterocycles. The van der Waals surface area contributed by atoms with Crippen molar-refractivity contribution in [3.63, 3.8) is 0 Å². The molecule has 3 N–H and O–H groups in total. The minimum Gasteiger partial charge on any atom is -0.469 e. The lowest BCUT2D eigenvalue weighted by Crippen LogP contribution is -2.48. The smallest absolute Gasteiger partial charge is 0.460 e. The van der Waals surface area contributed by atoms with Crippen molar-refractivity contribution < 1.29 is 36.2 Å². The zero-order valence-electron chi connectivity index (χ0n) is 20.1. The number of guanidine groups is 1. The maximum absolute atomic E-state index is 14.6. The number of methoxy groups -OCH3 is 1. The molecule has 0 saturated carbocycles. The minimum absolute atomic E-state index is 0.0245. The summed E-state index contributed by atoms with van der Waals surface area (Å²) in [4.78, 5) is 20.7. The van der Waals surface area contributed by atoms with Crippen molar-refractivity contribution in [1.29, 1.82) is 5.41 Å². The molecule has 0 unspecified atom stereocenters. The number of carbonyl (C=O) groups is 1. The quantitative estimate of drug-likeness (QED) is 0.141. The van der Waals surface area contributed by atoms with Crippen LogP contribution in [0.2, 0.25) is 0 Å². The molecule has 2 aromatic heterocycles. The third-order valence-corrected chi connectivity index (χ3v) is 6.54. The molecule has 0 amide bonds. The Morgan fingerprint density at radius 1 is 1.30 bits per heavy atom. The van der Waals surface area contributed by atoms with Crippen LogP contribution in [0.25, 0.3) is 0 Å². The maximum atomic E-state index is 14.6. The van der Waals surface area contributed by atoms with Gasteiger partial charge in [0, 0.05) is 7.05 Å². The van der Waals surface area contributed by atoms with Gasteiger partial charge in [-0.25, -0.2) is 13.6 Å². The lowest BCUT2D eigenvalue weighted by atomic mass is 10.2. The Hall–Kier alpha value is -4.47. The second kappa shape index (κ2) is 10.7. The molecule has 37 heavy (non-hydrogen) atoms. The van der Waals surface area contributed by atoms with Gasteiger partial charge in [0.05, 0.1) is 31.5 Å². The van der Waals surface area contributed by atoms with Gasteiger partial charge in [0.2, 0.25) is 5.96 Å². The zero-order valence-corrected chi connectivity index (χ0v) is 21.0. The van der Waals surface area contributed by atoms with Crippen LogP contribution in [0, 0.1) is 24.0 Å². The van der Waals surface area contributed by atoms with Crippen molar-refractivity contribution in [2.24, 2.45) is 12.8 Å². The molecular formula is C21H23F2N8O5S+. The molecule has 16 heteroatoms. The Bertz CT molecular complexity index is 1490. The summed E-state index contributed by atoms with van der Waals surface area (Å²) in [6.07, 6.45) is 1.66. The summed E-state index contributed by atoms with van der Waals surface area (Å²) in [5.41, 5.74) is 4.82. The van der Waals surface area contributed by atoms with E-state index in [1.807, 2.05) is 0 Å². The number of hydrogen-bond acceptors (Lipinski definition) is 9. The van der Waals surface area contributed by atoms with Crippen LogP contribution in [-0.4, -0.2) is 69.1 Å². The van der Waals surface area contributed by atoms with Gasteiger partial charge in [-0.15, -0.1) is 4.68 Å². The summed E-state index contributed by atoms with van der Waals surface area (Å²) in [5, 5.41) is 11.2. The summed E-state index contributed by atoms with van der Waals surface area (Å²) < 4.78 is 68.6. The van der Waals surface area contributed by atoms with E-state index in [1.54, 1.807) is 0 Å². The molecule has 0 aliphatic rings. The molecule has 1 aromatic carbocycles. The third kappa shape index (κ3) is 5.37. The molecule has 0 bridgehead atoms. The number of nitrogens with zero attached hydrogens (tertiary/aromatic N) is 6. The first-order valence-corrected chi connectivity index (χ1v) is 11.9. The largest absolute Gasteiger partial charge is 0.469 e. The van der Waals surface area contributed by atoms with Crippen LogP contribution in [0.1, 0.15) is 28.5 Å². The molecule has 3 rings (SSSR count). The monoisotopic (exact) mass is 537 g/mol. The normalized spacial score (nSPS) is 11.8. The Labute approximate surface area is 210 Å². The second-order valence-electron chi connectivity index (χ2n) is 7.30. The van der Waals surface area contributed by atoms with Gasteiger partial charge in [0.1, 0.15) is 29.1 Å². The highest BCUT2D eigenvalue weighted by molar-refractivity contribution is 7.89. The summed E-state index contributed by atoms with van der Waals surface area (Å²) in [7, 11) is -2.48. The van der Waals surface area contributed by atoms with Gasteiger partial charge in [-0.2, -0.15) is 13.5 Å². The van der Waals surface area contributed by atoms with Gasteiger partial charge in [0.15, 0.2) is 5.03 Å².